The molecule has 6 nitrogen and oxygen atoms in total. The molecular weight excluding hydrogens is 312 g/mol. The zero-order chi connectivity index (χ0) is 14.8. The fourth-order valence-corrected chi connectivity index (χ4v) is 2.91. The van der Waals surface area contributed by atoms with Crippen molar-refractivity contribution in [3.63, 3.8) is 0 Å². The molecule has 0 radical (unpaired) electrons. The Bertz CT molecular complexity index is 703. The number of benzene rings is 1. The molecule has 8 heteroatoms. The van der Waals surface area contributed by atoms with E-state index in [0.29, 0.717) is 24.3 Å². The molecule has 21 heavy (non-hydrogen) atoms. The minimum atomic E-state index is -0.390. The first-order valence-corrected chi connectivity index (χ1v) is 7.54. The number of carbonyl (C=O) groups is 2. The largest absolute Gasteiger partial charge is 0.318 e. The van der Waals surface area contributed by atoms with Crippen molar-refractivity contribution in [1.82, 2.24) is 10.2 Å². The lowest BCUT2D eigenvalue weighted by atomic mass is 10.2. The van der Waals surface area contributed by atoms with E-state index in [1.807, 2.05) is 12.1 Å². The monoisotopic (exact) mass is 322 g/mol. The first kappa shape index (κ1) is 14.0. The average Bonchev–Trinajstić information content (AvgIpc) is 3.08. The summed E-state index contributed by atoms with van der Waals surface area (Å²) in [6.45, 7) is 0.663. The van der Waals surface area contributed by atoms with Crippen LogP contribution in [0, 0.1) is 0 Å². The lowest BCUT2D eigenvalue weighted by Crippen LogP contribution is -2.25. The van der Waals surface area contributed by atoms with Crippen LogP contribution >= 0.6 is 22.9 Å². The van der Waals surface area contributed by atoms with Crippen LogP contribution in [0.5, 0.6) is 0 Å². The molecule has 0 unspecified atom stereocenters. The van der Waals surface area contributed by atoms with Crippen molar-refractivity contribution in [1.29, 1.82) is 0 Å². The Kier molecular flexibility index (Phi) is 3.85. The summed E-state index contributed by atoms with van der Waals surface area (Å²) in [7, 11) is 0. The van der Waals surface area contributed by atoms with E-state index in [-0.39, 0.29) is 15.4 Å². The van der Waals surface area contributed by atoms with Gasteiger partial charge < -0.3 is 10.2 Å². The molecule has 0 saturated carbocycles. The third kappa shape index (κ3) is 2.88. The predicted octanol–water partition coefficient (Wildman–Crippen LogP) is 2.57. The molecule has 1 fully saturated rings. The third-order valence-electron chi connectivity index (χ3n) is 3.11. The maximum Gasteiger partial charge on any atom is 0.286 e. The molecule has 1 aromatic carbocycles. The van der Waals surface area contributed by atoms with E-state index < -0.39 is 5.91 Å². The van der Waals surface area contributed by atoms with Gasteiger partial charge in [0.25, 0.3) is 5.91 Å². The van der Waals surface area contributed by atoms with Crippen LogP contribution in [0.25, 0.3) is 0 Å². The second-order valence-electron chi connectivity index (χ2n) is 4.48. The second-order valence-corrected chi connectivity index (χ2v) is 6.04. The summed E-state index contributed by atoms with van der Waals surface area (Å²) in [5.41, 5.74) is 1.27. The zero-order valence-corrected chi connectivity index (χ0v) is 12.4. The summed E-state index contributed by atoms with van der Waals surface area (Å²) in [6, 6.07) is 7.19. The fraction of sp³-hybridized carbons (Fsp3) is 0.231. The molecule has 1 aromatic heterocycles. The highest BCUT2D eigenvalue weighted by atomic mass is 35.5. The number of hydrogen-bond donors (Lipinski definition) is 1. The number of rotatable bonds is 3. The van der Waals surface area contributed by atoms with Crippen LogP contribution in [0.2, 0.25) is 4.47 Å². The standard InChI is InChI=1S/C13H11ClN4O2S/c14-13-17-16-12(21-13)11(20)15-8-4-1-2-5-9(8)18-7-3-6-10(18)19/h1-2,4-5H,3,6-7H2,(H,15,20). The number of nitrogens with zero attached hydrogens (tertiary/aromatic N) is 3. The number of carbonyl (C=O) groups excluding carboxylic acids is 2. The summed E-state index contributed by atoms with van der Waals surface area (Å²) in [6.07, 6.45) is 1.36. The normalized spacial score (nSPS) is 14.5. The summed E-state index contributed by atoms with van der Waals surface area (Å²) in [5.74, 6) is -0.325. The molecule has 3 rings (SSSR count). The molecule has 0 aliphatic carbocycles. The number of nitrogens with one attached hydrogen (secondary N) is 1. The SMILES string of the molecule is O=C(Nc1ccccc1N1CCCC1=O)c1nnc(Cl)s1. The number of aromatic nitrogens is 2. The van der Waals surface area contributed by atoms with Gasteiger partial charge in [-0.15, -0.1) is 10.2 Å². The number of anilines is 2. The van der Waals surface area contributed by atoms with Gasteiger partial charge in [0.05, 0.1) is 11.4 Å². The van der Waals surface area contributed by atoms with Crippen molar-refractivity contribution in [2.24, 2.45) is 0 Å². The van der Waals surface area contributed by atoms with Crippen LogP contribution in [-0.2, 0) is 4.79 Å². The highest BCUT2D eigenvalue weighted by Crippen LogP contribution is 2.30. The smallest absolute Gasteiger partial charge is 0.286 e. The van der Waals surface area contributed by atoms with Gasteiger partial charge in [0.15, 0.2) is 0 Å². The van der Waals surface area contributed by atoms with Crippen molar-refractivity contribution in [2.45, 2.75) is 12.8 Å². The molecule has 2 amide bonds. The maximum atomic E-state index is 12.1. The Labute approximate surface area is 129 Å². The molecule has 0 bridgehead atoms. The fourth-order valence-electron chi connectivity index (χ4n) is 2.19. The molecule has 0 atom stereocenters. The Morgan fingerprint density at radius 3 is 2.81 bits per heavy atom. The van der Waals surface area contributed by atoms with Crippen molar-refractivity contribution in [3.05, 3.63) is 33.7 Å². The van der Waals surface area contributed by atoms with Crippen LogP contribution < -0.4 is 10.2 Å². The minimum absolute atomic E-state index is 0.0654. The predicted molar refractivity (Wildman–Crippen MR) is 80.9 cm³/mol. The maximum absolute atomic E-state index is 12.1. The lowest BCUT2D eigenvalue weighted by Gasteiger charge is -2.19. The molecule has 0 spiro atoms. The molecule has 1 aliphatic heterocycles. The van der Waals surface area contributed by atoms with E-state index in [9.17, 15) is 9.59 Å². The molecule has 1 aliphatic rings. The van der Waals surface area contributed by atoms with Crippen LogP contribution in [0.4, 0.5) is 11.4 Å². The second kappa shape index (κ2) is 5.79. The van der Waals surface area contributed by atoms with Gasteiger partial charge in [-0.2, -0.15) is 0 Å². The van der Waals surface area contributed by atoms with E-state index in [4.69, 9.17) is 11.6 Å². The summed E-state index contributed by atoms with van der Waals surface area (Å²) < 4.78 is 0.211. The van der Waals surface area contributed by atoms with Crippen LogP contribution in [-0.4, -0.2) is 28.6 Å². The van der Waals surface area contributed by atoms with Crippen molar-refractivity contribution >= 4 is 46.1 Å². The number of hydrogen-bond acceptors (Lipinski definition) is 5. The van der Waals surface area contributed by atoms with Crippen molar-refractivity contribution in [2.75, 3.05) is 16.8 Å². The molecule has 1 N–H and O–H groups in total. The van der Waals surface area contributed by atoms with Gasteiger partial charge in [-0.25, -0.2) is 0 Å². The van der Waals surface area contributed by atoms with Crippen molar-refractivity contribution in [3.8, 4) is 0 Å². The Morgan fingerprint density at radius 1 is 1.33 bits per heavy atom. The van der Waals surface area contributed by atoms with E-state index in [1.54, 1.807) is 17.0 Å². The first-order chi connectivity index (χ1) is 10.1. The lowest BCUT2D eigenvalue weighted by molar-refractivity contribution is -0.117. The van der Waals surface area contributed by atoms with Gasteiger partial charge in [0, 0.05) is 13.0 Å². The molecule has 2 aromatic rings. The molecule has 1 saturated heterocycles. The van der Waals surface area contributed by atoms with Crippen molar-refractivity contribution < 1.29 is 9.59 Å². The van der Waals surface area contributed by atoms with E-state index >= 15 is 0 Å². The third-order valence-corrected chi connectivity index (χ3v) is 4.13. The van der Waals surface area contributed by atoms with E-state index in [0.717, 1.165) is 17.8 Å². The van der Waals surface area contributed by atoms with Gasteiger partial charge in [0.1, 0.15) is 0 Å². The zero-order valence-electron chi connectivity index (χ0n) is 10.9. The summed E-state index contributed by atoms with van der Waals surface area (Å²) in [5, 5.41) is 10.2. The van der Waals surface area contributed by atoms with Gasteiger partial charge in [-0.3, -0.25) is 9.59 Å². The first-order valence-electron chi connectivity index (χ1n) is 6.35. The van der Waals surface area contributed by atoms with Gasteiger partial charge in [-0.05, 0) is 30.2 Å². The molecular formula is C13H11ClN4O2S. The van der Waals surface area contributed by atoms with E-state index in [1.165, 1.54) is 0 Å². The van der Waals surface area contributed by atoms with Gasteiger partial charge in [0.2, 0.25) is 15.4 Å². The molecule has 108 valence electrons. The number of amides is 2. The highest BCUT2D eigenvalue weighted by molar-refractivity contribution is 7.17. The highest BCUT2D eigenvalue weighted by Gasteiger charge is 2.24. The Hall–Kier alpha value is -1.99. The van der Waals surface area contributed by atoms with Crippen LogP contribution in [0.3, 0.4) is 0 Å². The minimum Gasteiger partial charge on any atom is -0.318 e. The van der Waals surface area contributed by atoms with E-state index in [2.05, 4.69) is 15.5 Å². The van der Waals surface area contributed by atoms with Crippen LogP contribution in [0.15, 0.2) is 24.3 Å². The van der Waals surface area contributed by atoms with Crippen LogP contribution in [0.1, 0.15) is 22.6 Å². The number of halogens is 1. The average molecular weight is 323 g/mol. The van der Waals surface area contributed by atoms with Gasteiger partial charge in [-0.1, -0.05) is 23.5 Å². The van der Waals surface area contributed by atoms with Gasteiger partial charge >= 0.3 is 0 Å². The summed E-state index contributed by atoms with van der Waals surface area (Å²) >= 11 is 6.68. The number of para-hydroxylation sites is 2. The Balaban J connectivity index is 1.85. The Morgan fingerprint density at radius 2 is 2.14 bits per heavy atom. The quantitative estimate of drug-likeness (QED) is 0.942. The summed E-state index contributed by atoms with van der Waals surface area (Å²) in [4.78, 5) is 25.7. The molecule has 2 heterocycles. The topological polar surface area (TPSA) is 75.2 Å².